The van der Waals surface area contributed by atoms with E-state index in [0.29, 0.717) is 13.2 Å². The van der Waals surface area contributed by atoms with E-state index >= 15 is 0 Å². The summed E-state index contributed by atoms with van der Waals surface area (Å²) in [6.45, 7) is 3.13. The summed E-state index contributed by atoms with van der Waals surface area (Å²) in [5.74, 6) is 0. The van der Waals surface area contributed by atoms with Crippen molar-refractivity contribution in [3.05, 3.63) is 35.9 Å². The number of hydrogen-bond acceptors (Lipinski definition) is 2. The van der Waals surface area contributed by atoms with Gasteiger partial charge in [0.1, 0.15) is 6.61 Å². The molecule has 0 spiro atoms. The molecular weight excluding hydrogens is 204 g/mol. The number of nitrogens with zero attached hydrogens (tertiary/aromatic N) is 2. The second-order valence-corrected chi connectivity index (χ2v) is 4.10. The fraction of sp³-hybridized carbons (Fsp3) is 0.417. The maximum Gasteiger partial charge on any atom is 0.344 e. The molecule has 0 radical (unpaired) electrons. The van der Waals surface area contributed by atoms with E-state index in [2.05, 4.69) is 0 Å². The number of hydroxylamine groups is 2. The minimum Gasteiger partial charge on any atom is -0.324 e. The Morgan fingerprint density at radius 1 is 1.38 bits per heavy atom. The molecule has 4 nitrogen and oxygen atoms in total. The Kier molecular flexibility index (Phi) is 3.10. The molecule has 0 aliphatic carbocycles. The highest BCUT2D eigenvalue weighted by Gasteiger charge is 2.33. The Morgan fingerprint density at radius 2 is 2.06 bits per heavy atom. The standard InChI is InChI=1S/C12H16N2O2/c1-10-8-13(2)12(15)14(10)16-9-11-6-4-3-5-7-11/h3-7,10H,8-9H2,1-2H3/t10-/m1/s1. The number of carbonyl (C=O) groups excluding carboxylic acids is 1. The maximum atomic E-state index is 11.7. The van der Waals surface area contributed by atoms with Crippen LogP contribution in [-0.2, 0) is 11.4 Å². The van der Waals surface area contributed by atoms with Crippen LogP contribution in [0.4, 0.5) is 4.79 Å². The predicted octanol–water partition coefficient (Wildman–Crippen LogP) is 1.87. The monoisotopic (exact) mass is 220 g/mol. The van der Waals surface area contributed by atoms with Gasteiger partial charge in [0, 0.05) is 13.6 Å². The molecule has 2 amide bonds. The summed E-state index contributed by atoms with van der Waals surface area (Å²) < 4.78 is 0. The molecule has 0 bridgehead atoms. The molecule has 4 heteroatoms. The second-order valence-electron chi connectivity index (χ2n) is 4.10. The lowest BCUT2D eigenvalue weighted by Crippen LogP contribution is -2.32. The van der Waals surface area contributed by atoms with Crippen LogP contribution in [0, 0.1) is 0 Å². The molecule has 1 fully saturated rings. The van der Waals surface area contributed by atoms with Crippen molar-refractivity contribution >= 4 is 6.03 Å². The van der Waals surface area contributed by atoms with Gasteiger partial charge in [-0.25, -0.2) is 4.79 Å². The van der Waals surface area contributed by atoms with Gasteiger partial charge in [-0.15, -0.1) is 0 Å². The molecule has 2 rings (SSSR count). The van der Waals surface area contributed by atoms with Crippen molar-refractivity contribution in [2.75, 3.05) is 13.6 Å². The Bertz CT molecular complexity index is 367. The van der Waals surface area contributed by atoms with Gasteiger partial charge < -0.3 is 4.90 Å². The van der Waals surface area contributed by atoms with Crippen molar-refractivity contribution in [3.8, 4) is 0 Å². The third kappa shape index (κ3) is 2.17. The molecule has 0 N–H and O–H groups in total. The lowest BCUT2D eigenvalue weighted by atomic mass is 10.2. The molecular formula is C12H16N2O2. The molecule has 1 aromatic rings. The predicted molar refractivity (Wildman–Crippen MR) is 60.6 cm³/mol. The molecule has 0 saturated carbocycles. The molecule has 1 aliphatic heterocycles. The zero-order valence-electron chi connectivity index (χ0n) is 9.59. The van der Waals surface area contributed by atoms with Crippen LogP contribution < -0.4 is 0 Å². The molecule has 0 unspecified atom stereocenters. The van der Waals surface area contributed by atoms with Crippen LogP contribution >= 0.6 is 0 Å². The van der Waals surface area contributed by atoms with Crippen molar-refractivity contribution in [2.24, 2.45) is 0 Å². The van der Waals surface area contributed by atoms with Crippen molar-refractivity contribution in [2.45, 2.75) is 19.6 Å². The topological polar surface area (TPSA) is 32.8 Å². The lowest BCUT2D eigenvalue weighted by molar-refractivity contribution is -0.136. The summed E-state index contributed by atoms with van der Waals surface area (Å²) in [6.07, 6.45) is 0. The van der Waals surface area contributed by atoms with E-state index in [1.54, 1.807) is 11.9 Å². The van der Waals surface area contributed by atoms with E-state index in [1.165, 1.54) is 5.06 Å². The zero-order valence-corrected chi connectivity index (χ0v) is 9.59. The lowest BCUT2D eigenvalue weighted by Gasteiger charge is -2.19. The quantitative estimate of drug-likeness (QED) is 0.779. The van der Waals surface area contributed by atoms with Gasteiger partial charge in [-0.05, 0) is 12.5 Å². The highest BCUT2D eigenvalue weighted by molar-refractivity contribution is 5.75. The Labute approximate surface area is 95.4 Å². The van der Waals surface area contributed by atoms with Crippen LogP contribution in [0.1, 0.15) is 12.5 Å². The molecule has 1 atom stereocenters. The van der Waals surface area contributed by atoms with E-state index in [4.69, 9.17) is 4.84 Å². The van der Waals surface area contributed by atoms with Crippen LogP contribution in [0.3, 0.4) is 0 Å². The van der Waals surface area contributed by atoms with Gasteiger partial charge in [0.25, 0.3) is 0 Å². The number of carbonyl (C=O) groups is 1. The van der Waals surface area contributed by atoms with Crippen LogP contribution in [0.5, 0.6) is 0 Å². The van der Waals surface area contributed by atoms with E-state index in [0.717, 1.165) is 5.56 Å². The molecule has 1 aromatic carbocycles. The SMILES string of the molecule is C[C@@H]1CN(C)C(=O)N1OCc1ccccc1. The maximum absolute atomic E-state index is 11.7. The van der Waals surface area contributed by atoms with Gasteiger partial charge in [-0.2, -0.15) is 5.06 Å². The zero-order chi connectivity index (χ0) is 11.5. The Balaban J connectivity index is 1.93. The summed E-state index contributed by atoms with van der Waals surface area (Å²) in [4.78, 5) is 18.9. The summed E-state index contributed by atoms with van der Waals surface area (Å²) in [6, 6.07) is 9.88. The Morgan fingerprint density at radius 3 is 2.62 bits per heavy atom. The van der Waals surface area contributed by atoms with Crippen molar-refractivity contribution in [1.29, 1.82) is 0 Å². The second kappa shape index (κ2) is 4.53. The van der Waals surface area contributed by atoms with Crippen LogP contribution in [0.15, 0.2) is 30.3 Å². The fourth-order valence-corrected chi connectivity index (χ4v) is 1.81. The average molecular weight is 220 g/mol. The minimum absolute atomic E-state index is 0.0663. The van der Waals surface area contributed by atoms with E-state index in [-0.39, 0.29) is 12.1 Å². The summed E-state index contributed by atoms with van der Waals surface area (Å²) in [5, 5.41) is 1.45. The van der Waals surface area contributed by atoms with E-state index in [9.17, 15) is 4.79 Å². The first-order valence-corrected chi connectivity index (χ1v) is 5.39. The first-order valence-electron chi connectivity index (χ1n) is 5.39. The third-order valence-electron chi connectivity index (χ3n) is 2.67. The van der Waals surface area contributed by atoms with Crippen molar-refractivity contribution in [3.63, 3.8) is 0 Å². The number of likely N-dealkylation sites (N-methyl/N-ethyl adjacent to an activating group) is 1. The van der Waals surface area contributed by atoms with E-state index < -0.39 is 0 Å². The smallest absolute Gasteiger partial charge is 0.324 e. The molecule has 86 valence electrons. The largest absolute Gasteiger partial charge is 0.344 e. The van der Waals surface area contributed by atoms with Crippen LogP contribution in [-0.4, -0.2) is 35.6 Å². The highest BCUT2D eigenvalue weighted by atomic mass is 16.7. The van der Waals surface area contributed by atoms with Crippen LogP contribution in [0.25, 0.3) is 0 Å². The highest BCUT2D eigenvalue weighted by Crippen LogP contribution is 2.15. The molecule has 16 heavy (non-hydrogen) atoms. The first kappa shape index (κ1) is 11.0. The van der Waals surface area contributed by atoms with Gasteiger partial charge in [-0.3, -0.25) is 4.84 Å². The number of hydrogen-bond donors (Lipinski definition) is 0. The molecule has 1 saturated heterocycles. The summed E-state index contributed by atoms with van der Waals surface area (Å²) in [7, 11) is 1.78. The summed E-state index contributed by atoms with van der Waals surface area (Å²) in [5.41, 5.74) is 1.07. The third-order valence-corrected chi connectivity index (χ3v) is 2.67. The van der Waals surface area contributed by atoms with Gasteiger partial charge in [0.2, 0.25) is 0 Å². The fourth-order valence-electron chi connectivity index (χ4n) is 1.81. The number of benzene rings is 1. The van der Waals surface area contributed by atoms with Crippen molar-refractivity contribution < 1.29 is 9.63 Å². The number of urea groups is 1. The minimum atomic E-state index is -0.0663. The normalized spacial score (nSPS) is 20.6. The van der Waals surface area contributed by atoms with Crippen molar-refractivity contribution in [1.82, 2.24) is 9.96 Å². The van der Waals surface area contributed by atoms with Gasteiger partial charge in [0.05, 0.1) is 6.04 Å². The number of rotatable bonds is 3. The Hall–Kier alpha value is -1.55. The van der Waals surface area contributed by atoms with E-state index in [1.807, 2.05) is 37.3 Å². The molecule has 0 aromatic heterocycles. The van der Waals surface area contributed by atoms with Gasteiger partial charge in [0.15, 0.2) is 0 Å². The number of amides is 2. The van der Waals surface area contributed by atoms with Gasteiger partial charge in [-0.1, -0.05) is 30.3 Å². The molecule has 1 aliphatic rings. The van der Waals surface area contributed by atoms with Gasteiger partial charge >= 0.3 is 6.03 Å². The summed E-state index contributed by atoms with van der Waals surface area (Å²) >= 11 is 0. The molecule has 1 heterocycles. The average Bonchev–Trinajstić information content (AvgIpc) is 2.53. The van der Waals surface area contributed by atoms with Crippen LogP contribution in [0.2, 0.25) is 0 Å². The first-order chi connectivity index (χ1) is 7.68.